The van der Waals surface area contributed by atoms with Crippen LogP contribution in [0.25, 0.3) is 0 Å². The highest BCUT2D eigenvalue weighted by Crippen LogP contribution is 2.24. The van der Waals surface area contributed by atoms with Gasteiger partial charge in [0.25, 0.3) is 0 Å². The second-order valence-electron chi connectivity index (χ2n) is 6.75. The van der Waals surface area contributed by atoms with Crippen LogP contribution in [0.1, 0.15) is 39.2 Å². The molecule has 1 aromatic carbocycles. The summed E-state index contributed by atoms with van der Waals surface area (Å²) < 4.78 is 5.67. The number of β-amino-alcohol motifs (C(OH)–C–C–N with tert-alkyl or cyclic N) is 1. The van der Waals surface area contributed by atoms with Crippen molar-refractivity contribution in [2.45, 2.75) is 45.1 Å². The van der Waals surface area contributed by atoms with E-state index in [-0.39, 0.29) is 17.8 Å². The van der Waals surface area contributed by atoms with E-state index in [4.69, 9.17) is 4.74 Å². The number of aliphatic hydroxyl groups excluding tert-OH is 1. The van der Waals surface area contributed by atoms with Gasteiger partial charge in [-0.05, 0) is 49.0 Å². The summed E-state index contributed by atoms with van der Waals surface area (Å²) in [5, 5.41) is 9.99. The maximum atomic E-state index is 9.99. The summed E-state index contributed by atoms with van der Waals surface area (Å²) >= 11 is 0. The van der Waals surface area contributed by atoms with E-state index in [1.54, 1.807) is 0 Å². The predicted octanol–water partition coefficient (Wildman–Crippen LogP) is -0.176. The number of rotatable bonds is 5. The molecular formula is C17H27ClNO2-. The van der Waals surface area contributed by atoms with Crippen molar-refractivity contribution >= 4 is 0 Å². The fourth-order valence-electron chi connectivity index (χ4n) is 2.56. The maximum absolute atomic E-state index is 9.99. The van der Waals surface area contributed by atoms with Crippen LogP contribution in [0.4, 0.5) is 0 Å². The quantitative estimate of drug-likeness (QED) is 0.819. The molecule has 21 heavy (non-hydrogen) atoms. The van der Waals surface area contributed by atoms with Crippen molar-refractivity contribution in [3.8, 4) is 5.75 Å². The lowest BCUT2D eigenvalue weighted by molar-refractivity contribution is -0.00000682. The van der Waals surface area contributed by atoms with Crippen molar-refractivity contribution in [3.63, 3.8) is 0 Å². The number of hydrogen-bond acceptors (Lipinski definition) is 3. The Morgan fingerprint density at radius 2 is 1.71 bits per heavy atom. The third-order valence-electron chi connectivity index (χ3n) is 3.83. The van der Waals surface area contributed by atoms with Gasteiger partial charge in [0.15, 0.2) is 0 Å². The Morgan fingerprint density at radius 3 is 2.24 bits per heavy atom. The molecule has 1 heterocycles. The Hall–Kier alpha value is -0.770. The van der Waals surface area contributed by atoms with Gasteiger partial charge in [-0.3, -0.25) is 0 Å². The molecule has 120 valence electrons. The summed E-state index contributed by atoms with van der Waals surface area (Å²) in [6.07, 6.45) is 2.10. The van der Waals surface area contributed by atoms with Gasteiger partial charge in [0, 0.05) is 6.54 Å². The van der Waals surface area contributed by atoms with Crippen LogP contribution in [0.2, 0.25) is 0 Å². The average Bonchev–Trinajstić information content (AvgIpc) is 2.88. The topological polar surface area (TPSA) is 32.7 Å². The molecule has 3 nitrogen and oxygen atoms in total. The average molecular weight is 313 g/mol. The van der Waals surface area contributed by atoms with Crippen molar-refractivity contribution in [1.82, 2.24) is 4.90 Å². The zero-order valence-corrected chi connectivity index (χ0v) is 14.1. The van der Waals surface area contributed by atoms with E-state index in [2.05, 4.69) is 37.8 Å². The third kappa shape index (κ3) is 5.85. The summed E-state index contributed by atoms with van der Waals surface area (Å²) in [7, 11) is 0. The standard InChI is InChI=1S/C17H27NO2.ClH/c1-17(2,3)14-6-8-16(9-7-14)20-13-15(19)12-18-10-4-5-11-18;/h6-9,15,19H,4-5,10-13H2,1-3H3;1H/p-1. The van der Waals surface area contributed by atoms with Crippen LogP contribution >= 0.6 is 0 Å². The van der Waals surface area contributed by atoms with Crippen LogP contribution in [0, 0.1) is 0 Å². The van der Waals surface area contributed by atoms with Gasteiger partial charge in [-0.2, -0.15) is 0 Å². The highest BCUT2D eigenvalue weighted by atomic mass is 35.5. The number of halogens is 1. The first-order valence-corrected chi connectivity index (χ1v) is 7.59. The van der Waals surface area contributed by atoms with E-state index in [0.29, 0.717) is 6.61 Å². The molecule has 0 bridgehead atoms. The molecule has 1 aliphatic rings. The minimum Gasteiger partial charge on any atom is -1.00 e. The molecule has 1 aromatic rings. The van der Waals surface area contributed by atoms with Crippen LogP contribution in [0.3, 0.4) is 0 Å². The van der Waals surface area contributed by atoms with Crippen LogP contribution in [-0.2, 0) is 5.41 Å². The van der Waals surface area contributed by atoms with Crippen LogP contribution in [0.15, 0.2) is 24.3 Å². The number of aliphatic hydroxyl groups is 1. The van der Waals surface area contributed by atoms with Gasteiger partial charge >= 0.3 is 0 Å². The molecule has 0 amide bonds. The molecule has 2 rings (SSSR count). The molecule has 4 heteroatoms. The van der Waals surface area contributed by atoms with Crippen LogP contribution in [-0.4, -0.2) is 42.4 Å². The summed E-state index contributed by atoms with van der Waals surface area (Å²) in [5.41, 5.74) is 1.45. The molecule has 0 aliphatic carbocycles. The van der Waals surface area contributed by atoms with Crippen molar-refractivity contribution < 1.29 is 22.3 Å². The van der Waals surface area contributed by atoms with E-state index >= 15 is 0 Å². The molecule has 1 N–H and O–H groups in total. The lowest BCUT2D eigenvalue weighted by Crippen LogP contribution is -3.00. The third-order valence-corrected chi connectivity index (χ3v) is 3.83. The largest absolute Gasteiger partial charge is 1.00 e. The minimum absolute atomic E-state index is 0. The normalized spacial score (nSPS) is 17.3. The second kappa shape index (κ2) is 8.02. The summed E-state index contributed by atoms with van der Waals surface area (Å²) in [4.78, 5) is 2.30. The van der Waals surface area contributed by atoms with Gasteiger partial charge in [0.05, 0.1) is 0 Å². The molecular weight excluding hydrogens is 286 g/mol. The van der Waals surface area contributed by atoms with Gasteiger partial charge in [0.2, 0.25) is 0 Å². The maximum Gasteiger partial charge on any atom is 0.119 e. The van der Waals surface area contributed by atoms with E-state index in [1.807, 2.05) is 12.1 Å². The number of hydrogen-bond donors (Lipinski definition) is 1. The fraction of sp³-hybridized carbons (Fsp3) is 0.647. The van der Waals surface area contributed by atoms with Gasteiger partial charge in [0.1, 0.15) is 18.5 Å². The molecule has 1 atom stereocenters. The molecule has 0 aromatic heterocycles. The first kappa shape index (κ1) is 18.3. The number of nitrogens with zero attached hydrogens (tertiary/aromatic N) is 1. The Balaban J connectivity index is 0.00000220. The molecule has 1 aliphatic heterocycles. The molecule has 1 fully saturated rings. The smallest absolute Gasteiger partial charge is 0.119 e. The fourth-order valence-corrected chi connectivity index (χ4v) is 2.56. The number of likely N-dealkylation sites (tertiary alicyclic amines) is 1. The zero-order valence-electron chi connectivity index (χ0n) is 13.3. The Labute approximate surface area is 134 Å². The van der Waals surface area contributed by atoms with E-state index < -0.39 is 6.10 Å². The van der Waals surface area contributed by atoms with Crippen molar-refractivity contribution in [2.24, 2.45) is 0 Å². The Morgan fingerprint density at radius 1 is 1.14 bits per heavy atom. The van der Waals surface area contributed by atoms with Gasteiger partial charge in [-0.25, -0.2) is 0 Å². The van der Waals surface area contributed by atoms with E-state index in [0.717, 1.165) is 25.4 Å². The summed E-state index contributed by atoms with van der Waals surface area (Å²) in [6.45, 7) is 9.90. The van der Waals surface area contributed by atoms with E-state index in [9.17, 15) is 5.11 Å². The second-order valence-corrected chi connectivity index (χ2v) is 6.75. The summed E-state index contributed by atoms with van der Waals surface area (Å²) in [5.74, 6) is 0.832. The van der Waals surface area contributed by atoms with Gasteiger partial charge < -0.3 is 27.2 Å². The lowest BCUT2D eigenvalue weighted by Gasteiger charge is -2.21. The zero-order chi connectivity index (χ0) is 14.6. The SMILES string of the molecule is CC(C)(C)c1ccc(OCC(O)CN2CCCC2)cc1.[Cl-]. The number of ether oxygens (including phenoxy) is 1. The van der Waals surface area contributed by atoms with Crippen molar-refractivity contribution in [2.75, 3.05) is 26.2 Å². The molecule has 0 saturated carbocycles. The molecule has 0 spiro atoms. The molecule has 1 saturated heterocycles. The molecule has 0 radical (unpaired) electrons. The van der Waals surface area contributed by atoms with Gasteiger partial charge in [-0.15, -0.1) is 0 Å². The van der Waals surface area contributed by atoms with Crippen LogP contribution < -0.4 is 17.1 Å². The first-order valence-electron chi connectivity index (χ1n) is 7.59. The minimum atomic E-state index is -0.407. The Kier molecular flexibility index (Phi) is 6.98. The highest BCUT2D eigenvalue weighted by molar-refractivity contribution is 5.31. The van der Waals surface area contributed by atoms with Gasteiger partial charge in [-0.1, -0.05) is 32.9 Å². The highest BCUT2D eigenvalue weighted by Gasteiger charge is 2.16. The first-order chi connectivity index (χ1) is 9.45. The monoisotopic (exact) mass is 312 g/mol. The lowest BCUT2D eigenvalue weighted by atomic mass is 9.87. The van der Waals surface area contributed by atoms with Crippen molar-refractivity contribution in [1.29, 1.82) is 0 Å². The molecule has 1 unspecified atom stereocenters. The van der Waals surface area contributed by atoms with E-state index in [1.165, 1.54) is 18.4 Å². The number of benzene rings is 1. The summed E-state index contributed by atoms with van der Waals surface area (Å²) in [6, 6.07) is 8.18. The predicted molar refractivity (Wildman–Crippen MR) is 82.3 cm³/mol. The van der Waals surface area contributed by atoms with Crippen LogP contribution in [0.5, 0.6) is 5.75 Å². The van der Waals surface area contributed by atoms with Crippen molar-refractivity contribution in [3.05, 3.63) is 29.8 Å². The Bertz CT molecular complexity index is 408.